The normalized spacial score (nSPS) is 11.3. The molecule has 0 amide bonds. The van der Waals surface area contributed by atoms with Gasteiger partial charge in [0, 0.05) is 18.7 Å². The molecule has 1 heterocycles. The fourth-order valence-electron chi connectivity index (χ4n) is 4.46. The van der Waals surface area contributed by atoms with E-state index in [1.807, 2.05) is 18.2 Å². The molecule has 0 fully saturated rings. The van der Waals surface area contributed by atoms with Gasteiger partial charge in [-0.05, 0) is 77.1 Å². The number of oxazole rings is 1. The van der Waals surface area contributed by atoms with Gasteiger partial charge in [0.15, 0.2) is 5.58 Å². The largest absolute Gasteiger partial charge is 0.436 e. The molecule has 5 aromatic rings. The molecular weight excluding hydrogens is 420 g/mol. The summed E-state index contributed by atoms with van der Waals surface area (Å²) in [5.41, 5.74) is 11.0. The highest BCUT2D eigenvalue weighted by Gasteiger charge is 2.13. The third kappa shape index (κ3) is 4.38. The molecule has 4 aromatic carbocycles. The minimum Gasteiger partial charge on any atom is -0.436 e. The zero-order chi connectivity index (χ0) is 23.5. The van der Waals surface area contributed by atoms with Gasteiger partial charge >= 0.3 is 0 Å². The van der Waals surface area contributed by atoms with Crippen LogP contribution in [0.5, 0.6) is 0 Å². The number of aromatic nitrogens is 1. The Morgan fingerprint density at radius 3 is 2.44 bits per heavy atom. The SMILES string of the molecule is Cc1ccccc1-c1cccc(-c2ccc3nc(-c4cccc(CNCCO)c4)oc3c2)c1C. The van der Waals surface area contributed by atoms with Crippen molar-refractivity contribution in [2.24, 2.45) is 0 Å². The van der Waals surface area contributed by atoms with Crippen molar-refractivity contribution in [3.8, 4) is 33.7 Å². The standard InChI is InChI=1S/C30H28N2O2/c1-20-7-3-4-10-25(20)27-12-6-11-26(21(27)2)23-13-14-28-29(18-23)34-30(32-28)24-9-5-8-22(17-24)19-31-15-16-33/h3-14,17-18,31,33H,15-16,19H2,1-2H3. The van der Waals surface area contributed by atoms with E-state index < -0.39 is 0 Å². The number of aliphatic hydroxyl groups is 1. The first kappa shape index (κ1) is 22.1. The summed E-state index contributed by atoms with van der Waals surface area (Å²) in [5, 5.41) is 12.2. The van der Waals surface area contributed by atoms with Gasteiger partial charge in [0.05, 0.1) is 6.61 Å². The van der Waals surface area contributed by atoms with Crippen LogP contribution < -0.4 is 5.32 Å². The Balaban J connectivity index is 1.49. The van der Waals surface area contributed by atoms with E-state index in [2.05, 4.69) is 85.9 Å². The topological polar surface area (TPSA) is 58.3 Å². The smallest absolute Gasteiger partial charge is 0.227 e. The second-order valence-corrected chi connectivity index (χ2v) is 8.60. The molecule has 0 unspecified atom stereocenters. The van der Waals surface area contributed by atoms with Crippen molar-refractivity contribution >= 4 is 11.1 Å². The van der Waals surface area contributed by atoms with E-state index >= 15 is 0 Å². The highest BCUT2D eigenvalue weighted by molar-refractivity contribution is 5.85. The molecule has 1 aromatic heterocycles. The number of aryl methyl sites for hydroxylation is 1. The van der Waals surface area contributed by atoms with Crippen LogP contribution in [0, 0.1) is 13.8 Å². The number of aliphatic hydroxyl groups excluding tert-OH is 1. The first-order valence-corrected chi connectivity index (χ1v) is 11.6. The highest BCUT2D eigenvalue weighted by Crippen LogP contribution is 2.35. The Labute approximate surface area is 199 Å². The van der Waals surface area contributed by atoms with E-state index in [1.54, 1.807) is 0 Å². The molecule has 0 aliphatic heterocycles. The van der Waals surface area contributed by atoms with Gasteiger partial charge in [-0.3, -0.25) is 0 Å². The van der Waals surface area contributed by atoms with E-state index in [-0.39, 0.29) is 6.61 Å². The highest BCUT2D eigenvalue weighted by atomic mass is 16.3. The van der Waals surface area contributed by atoms with E-state index in [4.69, 9.17) is 14.5 Å². The molecule has 0 aliphatic rings. The molecule has 2 N–H and O–H groups in total. The predicted molar refractivity (Wildman–Crippen MR) is 139 cm³/mol. The summed E-state index contributed by atoms with van der Waals surface area (Å²) in [4.78, 5) is 4.73. The molecular formula is C30H28N2O2. The third-order valence-corrected chi connectivity index (χ3v) is 6.26. The fraction of sp³-hybridized carbons (Fsp3) is 0.167. The van der Waals surface area contributed by atoms with Gasteiger partial charge in [-0.1, -0.05) is 60.7 Å². The van der Waals surface area contributed by atoms with Crippen LogP contribution in [-0.2, 0) is 6.54 Å². The lowest BCUT2D eigenvalue weighted by Gasteiger charge is -2.13. The average Bonchev–Trinajstić information content (AvgIpc) is 3.29. The lowest BCUT2D eigenvalue weighted by atomic mass is 9.91. The predicted octanol–water partition coefficient (Wildman–Crippen LogP) is 6.53. The zero-order valence-electron chi connectivity index (χ0n) is 19.5. The zero-order valence-corrected chi connectivity index (χ0v) is 19.5. The summed E-state index contributed by atoms with van der Waals surface area (Å²) in [6.07, 6.45) is 0. The quantitative estimate of drug-likeness (QED) is 0.278. The molecule has 34 heavy (non-hydrogen) atoms. The Morgan fingerprint density at radius 2 is 1.59 bits per heavy atom. The summed E-state index contributed by atoms with van der Waals surface area (Å²) in [6.45, 7) is 5.72. The maximum atomic E-state index is 8.98. The molecule has 0 radical (unpaired) electrons. The average molecular weight is 449 g/mol. The summed E-state index contributed by atoms with van der Waals surface area (Å²) in [6, 6.07) is 29.4. The van der Waals surface area contributed by atoms with Gasteiger partial charge in [0.2, 0.25) is 5.89 Å². The molecule has 0 aliphatic carbocycles. The van der Waals surface area contributed by atoms with Crippen molar-refractivity contribution in [1.82, 2.24) is 10.3 Å². The molecule has 4 nitrogen and oxygen atoms in total. The Morgan fingerprint density at radius 1 is 0.794 bits per heavy atom. The van der Waals surface area contributed by atoms with Crippen LogP contribution in [0.15, 0.2) is 89.3 Å². The van der Waals surface area contributed by atoms with Crippen molar-refractivity contribution in [2.75, 3.05) is 13.2 Å². The van der Waals surface area contributed by atoms with Crippen LogP contribution in [0.3, 0.4) is 0 Å². The van der Waals surface area contributed by atoms with Crippen LogP contribution in [0.25, 0.3) is 44.8 Å². The van der Waals surface area contributed by atoms with E-state index in [9.17, 15) is 0 Å². The van der Waals surface area contributed by atoms with Crippen LogP contribution in [0.4, 0.5) is 0 Å². The van der Waals surface area contributed by atoms with E-state index in [0.717, 1.165) is 27.8 Å². The van der Waals surface area contributed by atoms with Crippen molar-refractivity contribution in [3.63, 3.8) is 0 Å². The number of nitrogens with zero attached hydrogens (tertiary/aromatic N) is 1. The van der Waals surface area contributed by atoms with Gasteiger partial charge in [0.25, 0.3) is 0 Å². The maximum Gasteiger partial charge on any atom is 0.227 e. The number of hydrogen-bond acceptors (Lipinski definition) is 4. The molecule has 0 spiro atoms. The fourth-order valence-corrected chi connectivity index (χ4v) is 4.46. The van der Waals surface area contributed by atoms with Gasteiger partial charge in [-0.15, -0.1) is 0 Å². The first-order chi connectivity index (χ1) is 16.6. The lowest BCUT2D eigenvalue weighted by molar-refractivity contribution is 0.292. The summed E-state index contributed by atoms with van der Waals surface area (Å²) in [7, 11) is 0. The van der Waals surface area contributed by atoms with Crippen molar-refractivity contribution in [1.29, 1.82) is 0 Å². The first-order valence-electron chi connectivity index (χ1n) is 11.6. The van der Waals surface area contributed by atoms with Gasteiger partial charge < -0.3 is 14.8 Å². The second-order valence-electron chi connectivity index (χ2n) is 8.60. The van der Waals surface area contributed by atoms with Crippen LogP contribution in [0.1, 0.15) is 16.7 Å². The summed E-state index contributed by atoms with van der Waals surface area (Å²) >= 11 is 0. The van der Waals surface area contributed by atoms with Gasteiger partial charge in [0.1, 0.15) is 5.52 Å². The third-order valence-electron chi connectivity index (χ3n) is 6.26. The number of benzene rings is 4. The van der Waals surface area contributed by atoms with E-state index in [1.165, 1.54) is 27.8 Å². The molecule has 4 heteroatoms. The number of rotatable bonds is 7. The Kier molecular flexibility index (Phi) is 6.26. The Hall–Kier alpha value is -3.73. The molecule has 170 valence electrons. The Bertz CT molecular complexity index is 1450. The van der Waals surface area contributed by atoms with Crippen LogP contribution in [0.2, 0.25) is 0 Å². The van der Waals surface area contributed by atoms with Crippen molar-refractivity contribution < 1.29 is 9.52 Å². The maximum absolute atomic E-state index is 8.98. The number of hydrogen-bond donors (Lipinski definition) is 2. The van der Waals surface area contributed by atoms with Crippen LogP contribution in [-0.4, -0.2) is 23.2 Å². The number of nitrogens with one attached hydrogen (secondary N) is 1. The van der Waals surface area contributed by atoms with Crippen LogP contribution >= 0.6 is 0 Å². The second kappa shape index (κ2) is 9.64. The summed E-state index contributed by atoms with van der Waals surface area (Å²) < 4.78 is 6.20. The minimum atomic E-state index is 0.125. The molecule has 0 bridgehead atoms. The number of fused-ring (bicyclic) bond motifs is 1. The minimum absolute atomic E-state index is 0.125. The molecule has 0 saturated carbocycles. The van der Waals surface area contributed by atoms with Crippen molar-refractivity contribution in [3.05, 3.63) is 102 Å². The van der Waals surface area contributed by atoms with Crippen molar-refractivity contribution in [2.45, 2.75) is 20.4 Å². The van der Waals surface area contributed by atoms with E-state index in [0.29, 0.717) is 19.0 Å². The summed E-state index contributed by atoms with van der Waals surface area (Å²) in [5.74, 6) is 0.613. The molecule has 5 rings (SSSR count). The lowest BCUT2D eigenvalue weighted by Crippen LogP contribution is -2.17. The molecule has 0 saturated heterocycles. The van der Waals surface area contributed by atoms with Gasteiger partial charge in [-0.25, -0.2) is 4.98 Å². The monoisotopic (exact) mass is 448 g/mol. The van der Waals surface area contributed by atoms with Gasteiger partial charge in [-0.2, -0.15) is 0 Å². The molecule has 0 atom stereocenters.